The molecule has 23 heavy (non-hydrogen) atoms. The number of rotatable bonds is 1. The fraction of sp³-hybridized carbons (Fsp3) is 0.0667. The predicted molar refractivity (Wildman–Crippen MR) is 76.7 cm³/mol. The molecule has 2 aromatic rings. The first kappa shape index (κ1) is 15.7. The number of hydrogen-bond acceptors (Lipinski definition) is 2. The number of imide groups is 1. The Balaban J connectivity index is 2.16. The quantitative estimate of drug-likeness (QED) is 0.536. The molecule has 0 fully saturated rings. The Labute approximate surface area is 135 Å². The van der Waals surface area contributed by atoms with Gasteiger partial charge < -0.3 is 0 Å². The highest BCUT2D eigenvalue weighted by Crippen LogP contribution is 2.40. The average molecular weight is 388 g/mol. The minimum atomic E-state index is -4.84. The van der Waals surface area contributed by atoms with Crippen LogP contribution >= 0.6 is 15.9 Å². The van der Waals surface area contributed by atoms with Gasteiger partial charge >= 0.3 is 6.18 Å². The molecular weight excluding hydrogens is 382 g/mol. The summed E-state index contributed by atoms with van der Waals surface area (Å²) < 4.78 is 51.9. The largest absolute Gasteiger partial charge is 0.417 e. The zero-order chi connectivity index (χ0) is 16.9. The summed E-state index contributed by atoms with van der Waals surface area (Å²) in [5, 5.41) is 0. The minimum Gasteiger partial charge on any atom is -0.268 e. The third kappa shape index (κ3) is 2.42. The van der Waals surface area contributed by atoms with E-state index in [2.05, 4.69) is 15.9 Å². The highest BCUT2D eigenvalue weighted by atomic mass is 79.9. The van der Waals surface area contributed by atoms with Gasteiger partial charge in [0.2, 0.25) is 0 Å². The van der Waals surface area contributed by atoms with Crippen molar-refractivity contribution < 1.29 is 27.2 Å². The van der Waals surface area contributed by atoms with E-state index in [1.807, 2.05) is 0 Å². The molecule has 0 spiro atoms. The second kappa shape index (κ2) is 5.16. The van der Waals surface area contributed by atoms with E-state index in [4.69, 9.17) is 0 Å². The molecule has 1 heterocycles. The molecule has 0 unspecified atom stereocenters. The lowest BCUT2D eigenvalue weighted by Crippen LogP contribution is -2.30. The molecule has 0 aliphatic carbocycles. The summed E-state index contributed by atoms with van der Waals surface area (Å²) in [5.74, 6) is -2.80. The van der Waals surface area contributed by atoms with Crippen LogP contribution in [0.4, 0.5) is 23.2 Å². The Kier molecular flexibility index (Phi) is 3.51. The first-order valence-corrected chi connectivity index (χ1v) is 7.05. The van der Waals surface area contributed by atoms with Crippen LogP contribution in [0.5, 0.6) is 0 Å². The summed E-state index contributed by atoms with van der Waals surface area (Å²) in [6, 6.07) is 7.09. The Morgan fingerprint density at radius 2 is 1.48 bits per heavy atom. The maximum atomic E-state index is 13.8. The minimum absolute atomic E-state index is 0.0642. The van der Waals surface area contributed by atoms with Crippen LogP contribution in [-0.4, -0.2) is 11.8 Å². The molecule has 0 saturated carbocycles. The Bertz CT molecular complexity index is 813. The van der Waals surface area contributed by atoms with Crippen molar-refractivity contribution in [2.24, 2.45) is 0 Å². The van der Waals surface area contributed by atoms with Crippen LogP contribution in [0.3, 0.4) is 0 Å². The first-order chi connectivity index (χ1) is 10.7. The SMILES string of the molecule is O=C1c2ccccc2C(=O)N1c1cc(F)c(Br)c(C(F)(F)F)c1. The van der Waals surface area contributed by atoms with Crippen molar-refractivity contribution in [3.8, 4) is 0 Å². The van der Waals surface area contributed by atoms with Gasteiger partial charge in [-0.3, -0.25) is 9.59 Å². The standard InChI is InChI=1S/C15H6BrF4NO2/c16-12-10(15(18,19)20)5-7(6-11(12)17)21-13(22)8-3-1-2-4-9(8)14(21)23/h1-6H. The number of carbonyl (C=O) groups is 2. The van der Waals surface area contributed by atoms with E-state index in [0.29, 0.717) is 17.0 Å². The summed E-state index contributed by atoms with van der Waals surface area (Å²) in [7, 11) is 0. The summed E-state index contributed by atoms with van der Waals surface area (Å²) in [4.78, 5) is 25.0. The van der Waals surface area contributed by atoms with E-state index in [1.54, 1.807) is 0 Å². The number of hydrogen-bond donors (Lipinski definition) is 0. The molecule has 0 radical (unpaired) electrons. The smallest absolute Gasteiger partial charge is 0.268 e. The molecule has 1 aliphatic rings. The van der Waals surface area contributed by atoms with Crippen molar-refractivity contribution in [2.45, 2.75) is 6.18 Å². The number of amides is 2. The number of fused-ring (bicyclic) bond motifs is 1. The highest BCUT2D eigenvalue weighted by molar-refractivity contribution is 9.10. The Morgan fingerprint density at radius 3 is 1.96 bits per heavy atom. The van der Waals surface area contributed by atoms with Crippen molar-refractivity contribution in [2.75, 3.05) is 4.90 Å². The van der Waals surface area contributed by atoms with Crippen LogP contribution in [0, 0.1) is 5.82 Å². The number of halogens is 5. The van der Waals surface area contributed by atoms with Gasteiger partial charge in [-0.05, 0) is 40.2 Å². The van der Waals surface area contributed by atoms with Crippen LogP contribution in [0.1, 0.15) is 26.3 Å². The topological polar surface area (TPSA) is 37.4 Å². The summed E-state index contributed by atoms with van der Waals surface area (Å²) >= 11 is 2.53. The van der Waals surface area contributed by atoms with Gasteiger partial charge in [0, 0.05) is 0 Å². The lowest BCUT2D eigenvalue weighted by Gasteiger charge is -2.17. The van der Waals surface area contributed by atoms with E-state index < -0.39 is 39.5 Å². The van der Waals surface area contributed by atoms with E-state index in [1.165, 1.54) is 24.3 Å². The molecule has 3 rings (SSSR count). The van der Waals surface area contributed by atoms with E-state index in [9.17, 15) is 27.2 Å². The molecule has 0 atom stereocenters. The fourth-order valence-corrected chi connectivity index (χ4v) is 2.79. The molecule has 2 aromatic carbocycles. The van der Waals surface area contributed by atoms with Gasteiger partial charge in [-0.25, -0.2) is 9.29 Å². The Hall–Kier alpha value is -2.22. The number of alkyl halides is 3. The van der Waals surface area contributed by atoms with E-state index in [0.717, 1.165) is 0 Å². The third-order valence-corrected chi connectivity index (χ3v) is 4.18. The van der Waals surface area contributed by atoms with Gasteiger partial charge in [0.15, 0.2) is 0 Å². The van der Waals surface area contributed by atoms with Gasteiger partial charge in [-0.1, -0.05) is 12.1 Å². The molecule has 0 saturated heterocycles. The van der Waals surface area contributed by atoms with Gasteiger partial charge in [-0.2, -0.15) is 13.2 Å². The summed E-state index contributed by atoms with van der Waals surface area (Å²) in [5.41, 5.74) is -1.64. The maximum absolute atomic E-state index is 13.8. The van der Waals surface area contributed by atoms with Crippen LogP contribution in [0.25, 0.3) is 0 Å². The molecule has 1 aliphatic heterocycles. The molecule has 3 nitrogen and oxygen atoms in total. The van der Waals surface area contributed by atoms with Crippen LogP contribution in [-0.2, 0) is 6.18 Å². The summed E-state index contributed by atoms with van der Waals surface area (Å²) in [6.45, 7) is 0. The number of carbonyl (C=O) groups excluding carboxylic acids is 2. The van der Waals surface area contributed by atoms with Gasteiger partial charge in [0.1, 0.15) is 5.82 Å². The van der Waals surface area contributed by atoms with Crippen LogP contribution in [0.15, 0.2) is 40.9 Å². The van der Waals surface area contributed by atoms with Crippen molar-refractivity contribution in [3.05, 3.63) is 63.4 Å². The predicted octanol–water partition coefficient (Wildman–Crippen LogP) is 4.41. The lowest BCUT2D eigenvalue weighted by molar-refractivity contribution is -0.138. The zero-order valence-electron chi connectivity index (χ0n) is 11.1. The van der Waals surface area contributed by atoms with E-state index in [-0.39, 0.29) is 11.1 Å². The van der Waals surface area contributed by atoms with Crippen molar-refractivity contribution in [1.82, 2.24) is 0 Å². The number of anilines is 1. The molecule has 2 amide bonds. The fourth-order valence-electron chi connectivity index (χ4n) is 2.33. The second-order valence-electron chi connectivity index (χ2n) is 4.78. The maximum Gasteiger partial charge on any atom is 0.417 e. The molecule has 8 heteroatoms. The monoisotopic (exact) mass is 387 g/mol. The molecule has 0 bridgehead atoms. The second-order valence-corrected chi connectivity index (χ2v) is 5.57. The molecule has 0 aromatic heterocycles. The molecular formula is C15H6BrF4NO2. The van der Waals surface area contributed by atoms with Crippen molar-refractivity contribution >= 4 is 33.4 Å². The van der Waals surface area contributed by atoms with Gasteiger partial charge in [0.05, 0.1) is 26.9 Å². The van der Waals surface area contributed by atoms with Gasteiger partial charge in [0.25, 0.3) is 11.8 Å². The third-order valence-electron chi connectivity index (χ3n) is 3.37. The van der Waals surface area contributed by atoms with Crippen LogP contribution in [0.2, 0.25) is 0 Å². The lowest BCUT2D eigenvalue weighted by atomic mass is 10.1. The first-order valence-electron chi connectivity index (χ1n) is 6.26. The average Bonchev–Trinajstić information content (AvgIpc) is 2.73. The zero-order valence-corrected chi connectivity index (χ0v) is 12.7. The Morgan fingerprint density at radius 1 is 0.957 bits per heavy atom. The van der Waals surface area contributed by atoms with Crippen molar-refractivity contribution in [3.63, 3.8) is 0 Å². The number of benzene rings is 2. The summed E-state index contributed by atoms with van der Waals surface area (Å²) in [6.07, 6.45) is -4.84. The molecule has 118 valence electrons. The number of nitrogens with zero attached hydrogens (tertiary/aromatic N) is 1. The van der Waals surface area contributed by atoms with Crippen LogP contribution < -0.4 is 4.90 Å². The molecule has 0 N–H and O–H groups in total. The van der Waals surface area contributed by atoms with Gasteiger partial charge in [-0.15, -0.1) is 0 Å². The highest BCUT2D eigenvalue weighted by Gasteiger charge is 2.40. The van der Waals surface area contributed by atoms with E-state index >= 15 is 0 Å². The normalized spacial score (nSPS) is 14.4. The van der Waals surface area contributed by atoms with Crippen molar-refractivity contribution in [1.29, 1.82) is 0 Å².